The molecular weight excluding hydrogens is 248 g/mol. The Balaban J connectivity index is 2.19. The summed E-state index contributed by atoms with van der Waals surface area (Å²) >= 11 is 5.97. The smallest absolute Gasteiger partial charge is 0.125 e. The third kappa shape index (κ3) is 3.26. The van der Waals surface area contributed by atoms with Crippen LogP contribution in [0.1, 0.15) is 23.1 Å². The van der Waals surface area contributed by atoms with Crippen LogP contribution in [-0.4, -0.2) is 9.97 Å². The molecule has 0 aliphatic rings. The molecule has 1 atom stereocenters. The van der Waals surface area contributed by atoms with Gasteiger partial charge in [-0.15, -0.1) is 0 Å². The van der Waals surface area contributed by atoms with Gasteiger partial charge >= 0.3 is 0 Å². The van der Waals surface area contributed by atoms with Crippen LogP contribution < -0.4 is 11.3 Å². The Labute approximate surface area is 111 Å². The quantitative estimate of drug-likeness (QED) is 0.655. The van der Waals surface area contributed by atoms with Gasteiger partial charge < -0.3 is 0 Å². The van der Waals surface area contributed by atoms with Crippen molar-refractivity contribution in [2.75, 3.05) is 0 Å². The molecule has 2 rings (SSSR count). The van der Waals surface area contributed by atoms with Crippen molar-refractivity contribution in [1.82, 2.24) is 15.4 Å². The summed E-state index contributed by atoms with van der Waals surface area (Å²) in [6.07, 6.45) is 2.47. The fraction of sp³-hybridized carbons (Fsp3) is 0.231. The highest BCUT2D eigenvalue weighted by Crippen LogP contribution is 2.18. The number of nitrogens with one attached hydrogen (secondary N) is 1. The molecule has 1 unspecified atom stereocenters. The van der Waals surface area contributed by atoms with Gasteiger partial charge in [0.2, 0.25) is 0 Å². The van der Waals surface area contributed by atoms with E-state index in [4.69, 9.17) is 17.4 Å². The standard InChI is InChI=1S/C13H15ClN4/c1-9-16-6-5-12(17-9)13(18-15)8-10-3-2-4-11(14)7-10/h2-7,13,18H,8,15H2,1H3. The minimum atomic E-state index is -0.0508. The van der Waals surface area contributed by atoms with E-state index in [2.05, 4.69) is 15.4 Å². The molecule has 0 radical (unpaired) electrons. The predicted molar refractivity (Wildman–Crippen MR) is 72.0 cm³/mol. The maximum absolute atomic E-state index is 5.97. The van der Waals surface area contributed by atoms with Crippen LogP contribution in [-0.2, 0) is 6.42 Å². The van der Waals surface area contributed by atoms with E-state index in [1.165, 1.54) is 0 Å². The van der Waals surface area contributed by atoms with Crippen molar-refractivity contribution in [1.29, 1.82) is 0 Å². The van der Waals surface area contributed by atoms with Gasteiger partial charge in [-0.05, 0) is 37.1 Å². The van der Waals surface area contributed by atoms with E-state index in [1.807, 2.05) is 37.3 Å². The lowest BCUT2D eigenvalue weighted by Crippen LogP contribution is -2.30. The largest absolute Gasteiger partial charge is 0.271 e. The number of hydrogen-bond donors (Lipinski definition) is 2. The maximum atomic E-state index is 5.97. The second kappa shape index (κ2) is 5.91. The monoisotopic (exact) mass is 262 g/mol. The Morgan fingerprint density at radius 3 is 2.89 bits per heavy atom. The summed E-state index contributed by atoms with van der Waals surface area (Å²) in [4.78, 5) is 8.45. The molecule has 0 fully saturated rings. The second-order valence-corrected chi connectivity index (χ2v) is 4.52. The van der Waals surface area contributed by atoms with Crippen LogP contribution in [0.25, 0.3) is 0 Å². The third-order valence-electron chi connectivity index (χ3n) is 2.68. The van der Waals surface area contributed by atoms with E-state index in [0.717, 1.165) is 28.5 Å². The lowest BCUT2D eigenvalue weighted by Gasteiger charge is -2.15. The molecule has 1 aromatic carbocycles. The molecule has 5 heteroatoms. The summed E-state index contributed by atoms with van der Waals surface area (Å²) in [5, 5.41) is 0.724. The molecule has 0 saturated carbocycles. The van der Waals surface area contributed by atoms with Gasteiger partial charge in [-0.1, -0.05) is 23.7 Å². The summed E-state index contributed by atoms with van der Waals surface area (Å²) in [5.74, 6) is 6.33. The van der Waals surface area contributed by atoms with E-state index in [0.29, 0.717) is 0 Å². The Kier molecular flexibility index (Phi) is 4.25. The Morgan fingerprint density at radius 1 is 1.39 bits per heavy atom. The zero-order valence-electron chi connectivity index (χ0n) is 10.1. The summed E-state index contributed by atoms with van der Waals surface area (Å²) in [5.41, 5.74) is 4.77. The molecule has 0 bridgehead atoms. The molecule has 18 heavy (non-hydrogen) atoms. The number of halogens is 1. The lowest BCUT2D eigenvalue weighted by molar-refractivity contribution is 0.535. The van der Waals surface area contributed by atoms with E-state index in [1.54, 1.807) is 6.20 Å². The Bertz CT molecular complexity index is 530. The predicted octanol–water partition coefficient (Wildman–Crippen LogP) is 2.19. The highest BCUT2D eigenvalue weighted by atomic mass is 35.5. The van der Waals surface area contributed by atoms with Gasteiger partial charge in [-0.25, -0.2) is 9.97 Å². The first-order valence-corrected chi connectivity index (χ1v) is 6.07. The summed E-state index contributed by atoms with van der Waals surface area (Å²) < 4.78 is 0. The van der Waals surface area contributed by atoms with Crippen molar-refractivity contribution in [2.24, 2.45) is 5.84 Å². The molecule has 1 aromatic heterocycles. The molecule has 4 nitrogen and oxygen atoms in total. The van der Waals surface area contributed by atoms with Gasteiger partial charge in [0.05, 0.1) is 11.7 Å². The van der Waals surface area contributed by atoms with Crippen molar-refractivity contribution in [3.8, 4) is 0 Å². The van der Waals surface area contributed by atoms with Gasteiger partial charge in [0.15, 0.2) is 0 Å². The third-order valence-corrected chi connectivity index (χ3v) is 2.92. The molecule has 0 saturated heterocycles. The lowest BCUT2D eigenvalue weighted by atomic mass is 10.0. The first-order chi connectivity index (χ1) is 8.69. The van der Waals surface area contributed by atoms with Crippen LogP contribution in [0.4, 0.5) is 0 Å². The average molecular weight is 263 g/mol. The number of aryl methyl sites for hydroxylation is 1. The molecule has 0 aliphatic heterocycles. The van der Waals surface area contributed by atoms with Gasteiger partial charge in [0, 0.05) is 11.2 Å². The van der Waals surface area contributed by atoms with Gasteiger partial charge in [-0.2, -0.15) is 0 Å². The van der Waals surface area contributed by atoms with Gasteiger partial charge in [0.25, 0.3) is 0 Å². The van der Waals surface area contributed by atoms with Crippen LogP contribution in [0.3, 0.4) is 0 Å². The highest BCUT2D eigenvalue weighted by Gasteiger charge is 2.12. The van der Waals surface area contributed by atoms with Crippen LogP contribution in [0.2, 0.25) is 5.02 Å². The van der Waals surface area contributed by atoms with E-state index in [9.17, 15) is 0 Å². The normalized spacial score (nSPS) is 12.4. The fourth-order valence-corrected chi connectivity index (χ4v) is 2.03. The zero-order valence-corrected chi connectivity index (χ0v) is 10.9. The Hall–Kier alpha value is -1.49. The molecular formula is C13H15ClN4. The summed E-state index contributed by atoms with van der Waals surface area (Å²) in [6, 6.07) is 9.54. The topological polar surface area (TPSA) is 63.8 Å². The van der Waals surface area contributed by atoms with Crippen molar-refractivity contribution in [2.45, 2.75) is 19.4 Å². The minimum absolute atomic E-state index is 0.0508. The number of benzene rings is 1. The van der Waals surface area contributed by atoms with Crippen LogP contribution >= 0.6 is 11.6 Å². The van der Waals surface area contributed by atoms with Crippen LogP contribution in [0, 0.1) is 6.92 Å². The number of nitrogens with zero attached hydrogens (tertiary/aromatic N) is 2. The number of hydrogen-bond acceptors (Lipinski definition) is 4. The molecule has 2 aromatic rings. The van der Waals surface area contributed by atoms with Crippen molar-refractivity contribution < 1.29 is 0 Å². The molecule has 3 N–H and O–H groups in total. The fourth-order valence-electron chi connectivity index (χ4n) is 1.82. The van der Waals surface area contributed by atoms with Crippen LogP contribution in [0.15, 0.2) is 36.5 Å². The first kappa shape index (κ1) is 13.0. The SMILES string of the molecule is Cc1nccc(C(Cc2cccc(Cl)c2)NN)n1. The molecule has 1 heterocycles. The van der Waals surface area contributed by atoms with Crippen LogP contribution in [0.5, 0.6) is 0 Å². The zero-order chi connectivity index (χ0) is 13.0. The maximum Gasteiger partial charge on any atom is 0.125 e. The number of aromatic nitrogens is 2. The van der Waals surface area contributed by atoms with Gasteiger partial charge in [0.1, 0.15) is 5.82 Å². The second-order valence-electron chi connectivity index (χ2n) is 4.08. The van der Waals surface area contributed by atoms with Crippen molar-refractivity contribution >= 4 is 11.6 Å². The number of hydrazine groups is 1. The summed E-state index contributed by atoms with van der Waals surface area (Å²) in [7, 11) is 0. The highest BCUT2D eigenvalue weighted by molar-refractivity contribution is 6.30. The molecule has 0 spiro atoms. The first-order valence-electron chi connectivity index (χ1n) is 5.69. The van der Waals surface area contributed by atoms with E-state index in [-0.39, 0.29) is 6.04 Å². The number of rotatable bonds is 4. The number of nitrogens with two attached hydrogens (primary N) is 1. The van der Waals surface area contributed by atoms with Gasteiger partial charge in [-0.3, -0.25) is 11.3 Å². The molecule has 0 amide bonds. The van der Waals surface area contributed by atoms with E-state index < -0.39 is 0 Å². The Morgan fingerprint density at radius 2 is 2.22 bits per heavy atom. The minimum Gasteiger partial charge on any atom is -0.271 e. The van der Waals surface area contributed by atoms with Crippen molar-refractivity contribution in [3.05, 3.63) is 58.6 Å². The summed E-state index contributed by atoms with van der Waals surface area (Å²) in [6.45, 7) is 1.86. The average Bonchev–Trinajstić information content (AvgIpc) is 2.36. The molecule has 0 aliphatic carbocycles. The van der Waals surface area contributed by atoms with E-state index >= 15 is 0 Å². The molecule has 94 valence electrons. The van der Waals surface area contributed by atoms with Crippen molar-refractivity contribution in [3.63, 3.8) is 0 Å².